The first kappa shape index (κ1) is 48.5. The average molecular weight is 901 g/mol. The van der Waals surface area contributed by atoms with Crippen molar-refractivity contribution in [3.05, 3.63) is 71.4 Å². The summed E-state index contributed by atoms with van der Waals surface area (Å²) in [4.78, 5) is 40.3. The highest BCUT2D eigenvalue weighted by molar-refractivity contribution is 6.76. The van der Waals surface area contributed by atoms with Gasteiger partial charge < -0.3 is 33.0 Å². The number of carbonyl (C=O) groups is 2. The van der Waals surface area contributed by atoms with Gasteiger partial charge in [0.15, 0.2) is 0 Å². The van der Waals surface area contributed by atoms with Gasteiger partial charge in [0.05, 0.1) is 35.5 Å². The predicted octanol–water partition coefficient (Wildman–Crippen LogP) is 12.0. The van der Waals surface area contributed by atoms with E-state index in [2.05, 4.69) is 97.8 Å². The summed E-state index contributed by atoms with van der Waals surface area (Å²) in [5, 5.41) is 0. The molecule has 6 rings (SSSR count). The largest absolute Gasteiger partial charge is 0.444 e. The maximum absolute atomic E-state index is 13.3. The number of hydrogen-bond acceptors (Lipinski definition) is 8. The molecule has 14 heteroatoms. The van der Waals surface area contributed by atoms with Crippen molar-refractivity contribution in [3.63, 3.8) is 0 Å². The lowest BCUT2D eigenvalue weighted by atomic mass is 10.0. The normalized spacial score (nSPS) is 18.3. The van der Waals surface area contributed by atoms with Crippen LogP contribution in [-0.4, -0.2) is 94.7 Å². The third kappa shape index (κ3) is 13.3. The van der Waals surface area contributed by atoms with Crippen LogP contribution in [0.25, 0.3) is 22.3 Å². The van der Waals surface area contributed by atoms with Gasteiger partial charge in [0, 0.05) is 42.5 Å². The molecule has 2 aromatic carbocycles. The van der Waals surface area contributed by atoms with E-state index in [1.807, 2.05) is 52.6 Å². The lowest BCUT2D eigenvalue weighted by Crippen LogP contribution is -2.37. The fourth-order valence-electron chi connectivity index (χ4n) is 8.18. The molecule has 1 aliphatic heterocycles. The number of carbonyl (C=O) groups excluding carboxylic acids is 2. The molecule has 2 unspecified atom stereocenters. The van der Waals surface area contributed by atoms with Crippen LogP contribution < -0.4 is 0 Å². The number of benzene rings is 2. The highest BCUT2D eigenvalue weighted by Gasteiger charge is 2.40. The molecule has 63 heavy (non-hydrogen) atoms. The first-order chi connectivity index (χ1) is 29.5. The second-order valence-corrected chi connectivity index (χ2v) is 33.4. The van der Waals surface area contributed by atoms with Crippen molar-refractivity contribution >= 4 is 39.4 Å². The molecular formula is C49H76N6O6Si2. The smallest absolute Gasteiger partial charge is 0.410 e. The Kier molecular flexibility index (Phi) is 15.1. The molecular weight excluding hydrogens is 825 g/mol. The van der Waals surface area contributed by atoms with Crippen molar-refractivity contribution in [3.8, 4) is 11.3 Å². The van der Waals surface area contributed by atoms with Crippen molar-refractivity contribution < 1.29 is 28.5 Å². The highest BCUT2D eigenvalue weighted by Crippen LogP contribution is 2.55. The summed E-state index contributed by atoms with van der Waals surface area (Å²) < 4.78 is 28.6. The Bertz CT molecular complexity index is 2180. The van der Waals surface area contributed by atoms with Gasteiger partial charge >= 0.3 is 12.2 Å². The number of ether oxygens (including phenoxy) is 4. The maximum atomic E-state index is 13.3. The molecule has 12 nitrogen and oxygen atoms in total. The van der Waals surface area contributed by atoms with Crippen LogP contribution in [0.4, 0.5) is 9.59 Å². The fourth-order valence-corrected chi connectivity index (χ4v) is 9.70. The van der Waals surface area contributed by atoms with Crippen molar-refractivity contribution in [2.75, 3.05) is 26.3 Å². The van der Waals surface area contributed by atoms with Gasteiger partial charge in [-0.15, -0.1) is 0 Å². The Hall–Kier alpha value is -3.99. The van der Waals surface area contributed by atoms with E-state index in [0.29, 0.717) is 58.1 Å². The molecule has 1 aliphatic carbocycles. The number of likely N-dealkylation sites (tertiary alicyclic amines) is 1. The van der Waals surface area contributed by atoms with Gasteiger partial charge in [-0.2, -0.15) is 0 Å². The van der Waals surface area contributed by atoms with Crippen LogP contribution in [0.2, 0.25) is 51.4 Å². The van der Waals surface area contributed by atoms with Gasteiger partial charge in [-0.1, -0.05) is 76.5 Å². The second-order valence-electron chi connectivity index (χ2n) is 22.1. The number of nitrogens with zero attached hydrogens (tertiary/aromatic N) is 6. The fraction of sp³-hybridized carbons (Fsp3) is 0.633. The van der Waals surface area contributed by atoms with E-state index in [0.717, 1.165) is 71.7 Å². The van der Waals surface area contributed by atoms with Gasteiger partial charge in [-0.3, -0.25) is 4.90 Å². The first-order valence-electron chi connectivity index (χ1n) is 23.3. The Morgan fingerprint density at radius 1 is 0.810 bits per heavy atom. The summed E-state index contributed by atoms with van der Waals surface area (Å²) in [7, 11) is -2.56. The number of imidazole rings is 2. The number of amides is 2. The summed E-state index contributed by atoms with van der Waals surface area (Å²) in [5.74, 6) is 2.43. The third-order valence-corrected chi connectivity index (χ3v) is 15.1. The summed E-state index contributed by atoms with van der Waals surface area (Å²) in [5.41, 5.74) is 5.42. The van der Waals surface area contributed by atoms with Gasteiger partial charge in [0.25, 0.3) is 0 Å². The molecule has 0 radical (unpaired) electrons. The predicted molar refractivity (Wildman–Crippen MR) is 258 cm³/mol. The van der Waals surface area contributed by atoms with Crippen LogP contribution in [0, 0.1) is 0 Å². The van der Waals surface area contributed by atoms with Crippen LogP contribution in [0.15, 0.2) is 48.7 Å². The Balaban J connectivity index is 1.23. The van der Waals surface area contributed by atoms with Gasteiger partial charge in [-0.05, 0) is 120 Å². The summed E-state index contributed by atoms with van der Waals surface area (Å²) >= 11 is 0. The lowest BCUT2D eigenvalue weighted by Gasteiger charge is -2.29. The minimum Gasteiger partial charge on any atom is -0.444 e. The van der Waals surface area contributed by atoms with Gasteiger partial charge in [0.2, 0.25) is 0 Å². The summed E-state index contributed by atoms with van der Waals surface area (Å²) in [6.07, 6.45) is 4.92. The van der Waals surface area contributed by atoms with Crippen molar-refractivity contribution in [1.29, 1.82) is 0 Å². The monoisotopic (exact) mass is 901 g/mol. The van der Waals surface area contributed by atoms with Crippen LogP contribution in [0.1, 0.15) is 115 Å². The van der Waals surface area contributed by atoms with E-state index >= 15 is 0 Å². The molecule has 2 fully saturated rings. The summed E-state index contributed by atoms with van der Waals surface area (Å²) in [6.45, 7) is 31.4. The molecule has 4 aromatic rings. The Morgan fingerprint density at radius 3 is 2.02 bits per heavy atom. The molecule has 0 bridgehead atoms. The van der Waals surface area contributed by atoms with E-state index < -0.39 is 27.3 Å². The average Bonchev–Trinajstić information content (AvgIpc) is 3.45. The number of fused-ring (bicyclic) bond motifs is 1. The maximum Gasteiger partial charge on any atom is 0.410 e. The molecule has 0 N–H and O–H groups in total. The minimum absolute atomic E-state index is 0.178. The zero-order valence-corrected chi connectivity index (χ0v) is 42.7. The van der Waals surface area contributed by atoms with E-state index in [1.165, 1.54) is 11.1 Å². The molecule has 3 atom stereocenters. The Labute approximate surface area is 379 Å². The molecule has 3 heterocycles. The van der Waals surface area contributed by atoms with Crippen LogP contribution >= 0.6 is 0 Å². The number of hydrogen-bond donors (Lipinski definition) is 0. The third-order valence-electron chi connectivity index (χ3n) is 11.7. The zero-order chi connectivity index (χ0) is 45.9. The van der Waals surface area contributed by atoms with Crippen molar-refractivity contribution in [2.45, 2.75) is 175 Å². The van der Waals surface area contributed by atoms with Crippen LogP contribution in [-0.2, 0) is 39.0 Å². The first-order valence-corrected chi connectivity index (χ1v) is 30.7. The van der Waals surface area contributed by atoms with E-state index in [-0.39, 0.29) is 18.2 Å². The lowest BCUT2D eigenvalue weighted by molar-refractivity contribution is 0.0200. The molecule has 1 saturated heterocycles. The van der Waals surface area contributed by atoms with Crippen molar-refractivity contribution in [2.24, 2.45) is 0 Å². The molecule has 0 spiro atoms. The number of rotatable bonds is 18. The van der Waals surface area contributed by atoms with Gasteiger partial charge in [0.1, 0.15) is 36.3 Å². The van der Waals surface area contributed by atoms with Gasteiger partial charge in [-0.25, -0.2) is 19.6 Å². The second kappa shape index (κ2) is 19.6. The van der Waals surface area contributed by atoms with Crippen LogP contribution in [0.5, 0.6) is 0 Å². The molecule has 2 amide bonds. The van der Waals surface area contributed by atoms with Crippen LogP contribution in [0.3, 0.4) is 0 Å². The van der Waals surface area contributed by atoms with E-state index in [9.17, 15) is 9.59 Å². The Morgan fingerprint density at radius 2 is 1.41 bits per heavy atom. The van der Waals surface area contributed by atoms with E-state index in [4.69, 9.17) is 28.9 Å². The SMILES string of the molecule is CCCN(Cc1nc2ccc(C3CC3c3ccc(-c4cnc([C@@H]5CCCN5C(=O)OC(C)(C)C)n4COCC[Si](C)(C)C)cc3)cc2n1COCC[Si](C)(C)C)C(=O)OC(C)(C)C. The zero-order valence-electron chi connectivity index (χ0n) is 40.7. The quantitative estimate of drug-likeness (QED) is 0.0717. The standard InChI is InChI=1S/C49H76N6O6Si2/c1-14-23-52(46(56)60-48(2,3)4)32-44-51-40-22-21-37(29-42(40)54(44)33-58-25-27-62(8,9)10)39-30-38(39)35-17-19-36(20-18-35)43-31-50-45(55(43)34-59-26-28-63(11,12)13)41-16-15-24-53(41)47(57)61-49(5,6)7/h17-22,29,31,38-39,41H,14-16,23-28,30,32-34H2,1-13H3/t38?,39?,41-/m0/s1. The molecule has 2 aromatic heterocycles. The van der Waals surface area contributed by atoms with Crippen molar-refractivity contribution in [1.82, 2.24) is 28.9 Å². The summed E-state index contributed by atoms with van der Waals surface area (Å²) in [6, 6.07) is 17.5. The molecule has 2 aliphatic rings. The highest BCUT2D eigenvalue weighted by atomic mass is 28.3. The molecule has 346 valence electrons. The minimum atomic E-state index is -1.28. The van der Waals surface area contributed by atoms with E-state index in [1.54, 1.807) is 4.90 Å². The molecule has 1 saturated carbocycles. The number of aromatic nitrogens is 4. The topological polar surface area (TPSA) is 113 Å².